The van der Waals surface area contributed by atoms with Gasteiger partial charge >= 0.3 is 0 Å². The molecule has 3 heteroatoms. The largest absolute Gasteiger partial charge is 0.312 e. The Kier molecular flexibility index (Phi) is 7.58. The quantitative estimate of drug-likeness (QED) is 0.676. The van der Waals surface area contributed by atoms with Crippen LogP contribution in [0.2, 0.25) is 0 Å². The van der Waals surface area contributed by atoms with E-state index >= 15 is 0 Å². The average Bonchev–Trinajstić information content (AvgIpc) is 2.38. The van der Waals surface area contributed by atoms with Crippen molar-refractivity contribution in [2.75, 3.05) is 7.05 Å². The average molecular weight is 249 g/mol. The minimum Gasteiger partial charge on any atom is -0.312 e. The van der Waals surface area contributed by atoms with E-state index in [1.165, 1.54) is 44.9 Å². The molecule has 0 amide bonds. The molecule has 0 radical (unpaired) electrons. The first-order valence-electron chi connectivity index (χ1n) is 7.24. The maximum Gasteiger partial charge on any atom is 0.125 e. The second kappa shape index (κ2) is 9.03. The molecule has 102 valence electrons. The molecule has 0 aromatic carbocycles. The van der Waals surface area contributed by atoms with Crippen molar-refractivity contribution < 1.29 is 0 Å². The second-order valence-corrected chi connectivity index (χ2v) is 4.93. The van der Waals surface area contributed by atoms with E-state index in [0.29, 0.717) is 6.04 Å². The summed E-state index contributed by atoms with van der Waals surface area (Å²) in [6, 6.07) is 2.39. The number of nitrogens with zero attached hydrogens (tertiary/aromatic N) is 2. The van der Waals surface area contributed by atoms with E-state index in [0.717, 1.165) is 11.5 Å². The van der Waals surface area contributed by atoms with Crippen LogP contribution in [0.4, 0.5) is 0 Å². The predicted molar refractivity (Wildman–Crippen MR) is 76.6 cm³/mol. The normalized spacial score (nSPS) is 12.6. The Hall–Kier alpha value is -0.960. The predicted octanol–water partition coefficient (Wildman–Crippen LogP) is 3.80. The van der Waals surface area contributed by atoms with Crippen LogP contribution in [0.1, 0.15) is 69.4 Å². The highest BCUT2D eigenvalue weighted by atomic mass is 14.9. The summed E-state index contributed by atoms with van der Waals surface area (Å²) in [5.74, 6) is 0.857. The molecular formula is C15H27N3. The molecule has 1 aromatic rings. The maximum atomic E-state index is 4.50. The number of hydrogen-bond acceptors (Lipinski definition) is 3. The van der Waals surface area contributed by atoms with E-state index in [9.17, 15) is 0 Å². The van der Waals surface area contributed by atoms with Crippen molar-refractivity contribution in [3.05, 3.63) is 23.8 Å². The molecule has 0 fully saturated rings. The van der Waals surface area contributed by atoms with Gasteiger partial charge in [-0.05, 0) is 26.5 Å². The fourth-order valence-electron chi connectivity index (χ4n) is 2.24. The smallest absolute Gasteiger partial charge is 0.125 e. The Labute approximate surface area is 111 Å². The lowest BCUT2D eigenvalue weighted by atomic mass is 10.0. The molecule has 1 aromatic heterocycles. The summed E-state index contributed by atoms with van der Waals surface area (Å²) >= 11 is 0. The monoisotopic (exact) mass is 249 g/mol. The lowest BCUT2D eigenvalue weighted by molar-refractivity contribution is 0.488. The Morgan fingerprint density at radius 2 is 1.89 bits per heavy atom. The van der Waals surface area contributed by atoms with Crippen molar-refractivity contribution in [1.82, 2.24) is 15.3 Å². The van der Waals surface area contributed by atoms with Gasteiger partial charge in [0, 0.05) is 12.2 Å². The molecule has 1 atom stereocenters. The molecule has 1 heterocycles. The Balaban J connectivity index is 2.29. The van der Waals surface area contributed by atoms with Gasteiger partial charge in [-0.25, -0.2) is 9.97 Å². The molecule has 0 saturated heterocycles. The van der Waals surface area contributed by atoms with Crippen molar-refractivity contribution in [2.24, 2.45) is 0 Å². The number of nitrogens with one attached hydrogen (secondary N) is 1. The van der Waals surface area contributed by atoms with E-state index in [-0.39, 0.29) is 0 Å². The summed E-state index contributed by atoms with van der Waals surface area (Å²) in [6.07, 6.45) is 11.1. The van der Waals surface area contributed by atoms with Crippen LogP contribution in [0.3, 0.4) is 0 Å². The first kappa shape index (κ1) is 15.1. The third kappa shape index (κ3) is 5.58. The van der Waals surface area contributed by atoms with Gasteiger partial charge < -0.3 is 5.32 Å². The van der Waals surface area contributed by atoms with Crippen LogP contribution < -0.4 is 5.32 Å². The molecular weight excluding hydrogens is 222 g/mol. The number of aryl methyl sites for hydroxylation is 1. The topological polar surface area (TPSA) is 37.8 Å². The first-order valence-corrected chi connectivity index (χ1v) is 7.24. The molecule has 1 N–H and O–H groups in total. The molecule has 0 bridgehead atoms. The van der Waals surface area contributed by atoms with Gasteiger partial charge in [0.1, 0.15) is 5.82 Å². The van der Waals surface area contributed by atoms with E-state index in [1.54, 1.807) is 0 Å². The van der Waals surface area contributed by atoms with Gasteiger partial charge in [-0.3, -0.25) is 0 Å². The van der Waals surface area contributed by atoms with Gasteiger partial charge in [-0.2, -0.15) is 0 Å². The zero-order valence-corrected chi connectivity index (χ0v) is 12.1. The van der Waals surface area contributed by atoms with E-state index in [2.05, 4.69) is 22.2 Å². The lowest BCUT2D eigenvalue weighted by Gasteiger charge is -2.15. The molecule has 3 nitrogen and oxygen atoms in total. The van der Waals surface area contributed by atoms with E-state index < -0.39 is 0 Å². The van der Waals surface area contributed by atoms with Crippen molar-refractivity contribution in [3.63, 3.8) is 0 Å². The summed E-state index contributed by atoms with van der Waals surface area (Å²) in [5.41, 5.74) is 1.12. The van der Waals surface area contributed by atoms with Crippen molar-refractivity contribution in [3.8, 4) is 0 Å². The van der Waals surface area contributed by atoms with Crippen LogP contribution in [-0.2, 0) is 0 Å². The zero-order valence-electron chi connectivity index (χ0n) is 12.1. The second-order valence-electron chi connectivity index (χ2n) is 4.93. The molecule has 1 rings (SSSR count). The van der Waals surface area contributed by atoms with Crippen molar-refractivity contribution in [2.45, 2.75) is 64.8 Å². The number of hydrogen-bond donors (Lipinski definition) is 1. The number of aromatic nitrogens is 2. The van der Waals surface area contributed by atoms with Crippen LogP contribution in [0.15, 0.2) is 12.3 Å². The van der Waals surface area contributed by atoms with Gasteiger partial charge in [-0.15, -0.1) is 0 Å². The third-order valence-electron chi connectivity index (χ3n) is 3.35. The number of rotatable bonds is 9. The first-order chi connectivity index (χ1) is 8.77. The van der Waals surface area contributed by atoms with Crippen LogP contribution >= 0.6 is 0 Å². The van der Waals surface area contributed by atoms with Gasteiger partial charge in [0.15, 0.2) is 0 Å². The molecule has 1 unspecified atom stereocenters. The fraction of sp³-hybridized carbons (Fsp3) is 0.733. The molecule has 0 aliphatic rings. The van der Waals surface area contributed by atoms with Crippen LogP contribution in [0, 0.1) is 6.92 Å². The van der Waals surface area contributed by atoms with Gasteiger partial charge in [-0.1, -0.05) is 45.4 Å². The van der Waals surface area contributed by atoms with Crippen LogP contribution in [0.5, 0.6) is 0 Å². The number of unbranched alkanes of at least 4 members (excludes halogenated alkanes) is 5. The van der Waals surface area contributed by atoms with Crippen LogP contribution in [0.25, 0.3) is 0 Å². The Morgan fingerprint density at radius 1 is 1.17 bits per heavy atom. The van der Waals surface area contributed by atoms with Crippen molar-refractivity contribution >= 4 is 0 Å². The molecule has 0 aliphatic carbocycles. The molecule has 0 spiro atoms. The molecule has 18 heavy (non-hydrogen) atoms. The summed E-state index contributed by atoms with van der Waals surface area (Å²) < 4.78 is 0. The SMILES string of the molecule is CCCCCCCCC(NC)c1ccnc(C)n1. The standard InChI is InChI=1S/C15H27N3/c1-4-5-6-7-8-9-10-14(16-3)15-11-12-17-13(2)18-15/h11-12,14,16H,4-10H2,1-3H3. The van der Waals surface area contributed by atoms with Gasteiger partial charge in [0.05, 0.1) is 5.69 Å². The Bertz CT molecular complexity index is 325. The van der Waals surface area contributed by atoms with Crippen molar-refractivity contribution in [1.29, 1.82) is 0 Å². The fourth-order valence-corrected chi connectivity index (χ4v) is 2.24. The summed E-state index contributed by atoms with van der Waals surface area (Å²) in [7, 11) is 2.01. The van der Waals surface area contributed by atoms with E-state index in [4.69, 9.17) is 0 Å². The molecule has 0 saturated carbocycles. The highest BCUT2D eigenvalue weighted by Crippen LogP contribution is 2.18. The Morgan fingerprint density at radius 3 is 2.56 bits per heavy atom. The minimum absolute atomic E-state index is 0.373. The maximum absolute atomic E-state index is 4.50. The zero-order chi connectivity index (χ0) is 13.2. The summed E-state index contributed by atoms with van der Waals surface area (Å²) in [4.78, 5) is 8.65. The molecule has 0 aliphatic heterocycles. The van der Waals surface area contributed by atoms with Gasteiger partial charge in [0.25, 0.3) is 0 Å². The van der Waals surface area contributed by atoms with Crippen LogP contribution in [-0.4, -0.2) is 17.0 Å². The highest BCUT2D eigenvalue weighted by molar-refractivity contribution is 5.06. The van der Waals surface area contributed by atoms with Gasteiger partial charge in [0.2, 0.25) is 0 Å². The summed E-state index contributed by atoms with van der Waals surface area (Å²) in [6.45, 7) is 4.20. The summed E-state index contributed by atoms with van der Waals surface area (Å²) in [5, 5.41) is 3.36. The highest BCUT2D eigenvalue weighted by Gasteiger charge is 2.10. The minimum atomic E-state index is 0.373. The third-order valence-corrected chi connectivity index (χ3v) is 3.35. The van der Waals surface area contributed by atoms with E-state index in [1.807, 2.05) is 26.2 Å². The lowest BCUT2D eigenvalue weighted by Crippen LogP contribution is -2.18.